The van der Waals surface area contributed by atoms with E-state index >= 15 is 0 Å². The minimum atomic E-state index is 1.28. The molecule has 0 aliphatic heterocycles. The quantitative estimate of drug-likeness (QED) is 0.230. The number of rotatable bonds is 1. The van der Waals surface area contributed by atoms with Crippen LogP contribution in [0.1, 0.15) is 16.7 Å². The summed E-state index contributed by atoms with van der Waals surface area (Å²) >= 11 is 0. The lowest BCUT2D eigenvalue weighted by Gasteiger charge is -2.10. The second-order valence-corrected chi connectivity index (χ2v) is 10.4. The van der Waals surface area contributed by atoms with Gasteiger partial charge in [0.05, 0.1) is 16.6 Å². The molecule has 0 N–H and O–H groups in total. The Hall–Kier alpha value is -4.36. The van der Waals surface area contributed by atoms with Gasteiger partial charge in [-0.3, -0.25) is 0 Å². The van der Waals surface area contributed by atoms with Gasteiger partial charge in [-0.2, -0.15) is 0 Å². The third kappa shape index (κ3) is 2.55. The standard InChI is InChI=1S/C35H25N/c1-20-12-27(13-21(2)22(20)3)28-16-31-29-14-23-8-4-6-10-25(23)18-33(29)36-34-19-26-11-7-5-9-24(26)15-30(34)32(17-28)35(31)36/h4-19H,1-3H3. The summed E-state index contributed by atoms with van der Waals surface area (Å²) in [4.78, 5) is 0. The Morgan fingerprint density at radius 3 is 1.33 bits per heavy atom. The molecule has 2 heterocycles. The predicted octanol–water partition coefficient (Wildman–Crippen LogP) is 9.74. The van der Waals surface area contributed by atoms with Crippen LogP contribution in [0.4, 0.5) is 0 Å². The first-order valence-electron chi connectivity index (χ1n) is 12.7. The Balaban J connectivity index is 1.61. The summed E-state index contributed by atoms with van der Waals surface area (Å²) < 4.78 is 2.50. The summed E-state index contributed by atoms with van der Waals surface area (Å²) in [7, 11) is 0. The van der Waals surface area contributed by atoms with Gasteiger partial charge in [-0.1, -0.05) is 60.7 Å². The maximum Gasteiger partial charge on any atom is 0.0620 e. The normalized spacial score (nSPS) is 12.3. The number of aryl methyl sites for hydroxylation is 2. The zero-order valence-electron chi connectivity index (χ0n) is 20.7. The van der Waals surface area contributed by atoms with Crippen LogP contribution in [-0.2, 0) is 0 Å². The number of benzene rings is 6. The third-order valence-corrected chi connectivity index (χ3v) is 8.38. The minimum Gasteiger partial charge on any atom is -0.308 e. The van der Waals surface area contributed by atoms with Crippen molar-refractivity contribution in [3.05, 3.63) is 114 Å². The van der Waals surface area contributed by atoms with E-state index in [1.165, 1.54) is 87.5 Å². The van der Waals surface area contributed by atoms with Crippen molar-refractivity contribution in [3.63, 3.8) is 0 Å². The van der Waals surface area contributed by atoms with Gasteiger partial charge < -0.3 is 4.40 Å². The fourth-order valence-electron chi connectivity index (χ4n) is 6.28. The van der Waals surface area contributed by atoms with Crippen LogP contribution < -0.4 is 0 Å². The van der Waals surface area contributed by atoms with Crippen molar-refractivity contribution in [2.75, 3.05) is 0 Å². The van der Waals surface area contributed by atoms with Crippen LogP contribution >= 0.6 is 0 Å². The van der Waals surface area contributed by atoms with Gasteiger partial charge in [0, 0.05) is 21.5 Å². The number of hydrogen-bond acceptors (Lipinski definition) is 0. The molecule has 0 amide bonds. The van der Waals surface area contributed by atoms with Gasteiger partial charge in [0.2, 0.25) is 0 Å². The van der Waals surface area contributed by atoms with E-state index in [2.05, 4.69) is 122 Å². The molecule has 0 aliphatic rings. The molecule has 0 aliphatic carbocycles. The minimum absolute atomic E-state index is 1.28. The van der Waals surface area contributed by atoms with E-state index < -0.39 is 0 Å². The lowest BCUT2D eigenvalue weighted by Crippen LogP contribution is -1.89. The molecule has 6 aromatic carbocycles. The maximum atomic E-state index is 2.50. The van der Waals surface area contributed by atoms with E-state index in [-0.39, 0.29) is 0 Å². The highest BCUT2D eigenvalue weighted by Crippen LogP contribution is 2.43. The monoisotopic (exact) mass is 459 g/mol. The molecule has 1 heteroatoms. The van der Waals surface area contributed by atoms with Crippen LogP contribution in [0.3, 0.4) is 0 Å². The molecule has 8 rings (SSSR count). The highest BCUT2D eigenvalue weighted by Gasteiger charge is 2.20. The molecular formula is C35H25N. The first kappa shape index (κ1) is 19.9. The van der Waals surface area contributed by atoms with Crippen LogP contribution in [0.5, 0.6) is 0 Å². The van der Waals surface area contributed by atoms with Crippen LogP contribution in [-0.4, -0.2) is 4.40 Å². The van der Waals surface area contributed by atoms with E-state index in [9.17, 15) is 0 Å². The summed E-state index contributed by atoms with van der Waals surface area (Å²) in [5, 5.41) is 10.5. The van der Waals surface area contributed by atoms with Crippen LogP contribution in [0.15, 0.2) is 97.1 Å². The van der Waals surface area contributed by atoms with Crippen molar-refractivity contribution in [3.8, 4) is 11.1 Å². The topological polar surface area (TPSA) is 4.41 Å². The second kappa shape index (κ2) is 6.86. The Bertz CT molecular complexity index is 2030. The summed E-state index contributed by atoms with van der Waals surface area (Å²) in [5.41, 5.74) is 10.6. The smallest absolute Gasteiger partial charge is 0.0620 e. The number of hydrogen-bond donors (Lipinski definition) is 0. The molecule has 0 radical (unpaired) electrons. The fraction of sp³-hybridized carbons (Fsp3) is 0.0857. The Kier molecular flexibility index (Phi) is 3.79. The van der Waals surface area contributed by atoms with Crippen molar-refractivity contribution in [2.45, 2.75) is 20.8 Å². The molecule has 0 unspecified atom stereocenters. The van der Waals surface area contributed by atoms with E-state index in [0.717, 1.165) is 0 Å². The van der Waals surface area contributed by atoms with Crippen molar-refractivity contribution < 1.29 is 0 Å². The second-order valence-electron chi connectivity index (χ2n) is 10.4. The van der Waals surface area contributed by atoms with Gasteiger partial charge in [-0.15, -0.1) is 0 Å². The van der Waals surface area contributed by atoms with Crippen molar-refractivity contribution >= 4 is 59.6 Å². The van der Waals surface area contributed by atoms with Crippen LogP contribution in [0.2, 0.25) is 0 Å². The van der Waals surface area contributed by atoms with Gasteiger partial charge in [-0.05, 0) is 107 Å². The molecule has 2 aromatic heterocycles. The van der Waals surface area contributed by atoms with Gasteiger partial charge in [0.25, 0.3) is 0 Å². The van der Waals surface area contributed by atoms with Gasteiger partial charge in [-0.25, -0.2) is 0 Å². The number of aromatic nitrogens is 1. The van der Waals surface area contributed by atoms with Gasteiger partial charge >= 0.3 is 0 Å². The number of nitrogens with zero attached hydrogens (tertiary/aromatic N) is 1. The Morgan fingerprint density at radius 2 is 0.861 bits per heavy atom. The van der Waals surface area contributed by atoms with E-state index in [4.69, 9.17) is 0 Å². The van der Waals surface area contributed by atoms with E-state index in [1.54, 1.807) is 0 Å². The van der Waals surface area contributed by atoms with Crippen molar-refractivity contribution in [1.82, 2.24) is 4.40 Å². The maximum absolute atomic E-state index is 2.50. The van der Waals surface area contributed by atoms with Gasteiger partial charge in [0.15, 0.2) is 0 Å². The summed E-state index contributed by atoms with van der Waals surface area (Å²) in [6.45, 7) is 6.67. The number of fused-ring (bicyclic) bond motifs is 8. The first-order valence-corrected chi connectivity index (χ1v) is 12.7. The zero-order valence-corrected chi connectivity index (χ0v) is 20.7. The first-order chi connectivity index (χ1) is 17.6. The third-order valence-electron chi connectivity index (χ3n) is 8.38. The molecular weight excluding hydrogens is 434 g/mol. The molecule has 0 saturated heterocycles. The van der Waals surface area contributed by atoms with E-state index in [0.29, 0.717) is 0 Å². The lowest BCUT2D eigenvalue weighted by molar-refractivity contribution is 1.27. The Labute approximate surface area is 209 Å². The average molecular weight is 460 g/mol. The van der Waals surface area contributed by atoms with Crippen molar-refractivity contribution in [2.24, 2.45) is 0 Å². The zero-order chi connectivity index (χ0) is 24.1. The lowest BCUT2D eigenvalue weighted by atomic mass is 9.94. The van der Waals surface area contributed by atoms with Crippen LogP contribution in [0.25, 0.3) is 70.8 Å². The Morgan fingerprint density at radius 1 is 0.444 bits per heavy atom. The highest BCUT2D eigenvalue weighted by atomic mass is 14.9. The molecule has 0 fully saturated rings. The molecule has 0 atom stereocenters. The van der Waals surface area contributed by atoms with Gasteiger partial charge in [0.1, 0.15) is 0 Å². The highest BCUT2D eigenvalue weighted by molar-refractivity contribution is 6.26. The molecule has 0 spiro atoms. The van der Waals surface area contributed by atoms with Crippen LogP contribution in [0, 0.1) is 20.8 Å². The fourth-order valence-corrected chi connectivity index (χ4v) is 6.28. The predicted molar refractivity (Wildman–Crippen MR) is 156 cm³/mol. The summed E-state index contributed by atoms with van der Waals surface area (Å²) in [5.74, 6) is 0. The molecule has 0 bridgehead atoms. The molecule has 36 heavy (non-hydrogen) atoms. The molecule has 0 saturated carbocycles. The average Bonchev–Trinajstić information content (AvgIpc) is 3.39. The summed E-state index contributed by atoms with van der Waals surface area (Å²) in [6, 6.07) is 36.5. The molecule has 1 nitrogen and oxygen atoms in total. The van der Waals surface area contributed by atoms with Crippen molar-refractivity contribution in [1.29, 1.82) is 0 Å². The molecule has 170 valence electrons. The molecule has 8 aromatic rings. The SMILES string of the molecule is Cc1cc(-c2cc3c4cc5ccccc5cc4n4c5cc6ccccc6cc5c(c2)c34)cc(C)c1C. The van der Waals surface area contributed by atoms with E-state index in [1.807, 2.05) is 0 Å². The largest absolute Gasteiger partial charge is 0.308 e. The summed E-state index contributed by atoms with van der Waals surface area (Å²) in [6.07, 6.45) is 0.